The first-order valence-electron chi connectivity index (χ1n) is 15.8. The van der Waals surface area contributed by atoms with Gasteiger partial charge in [-0.05, 0) is 55.3 Å². The van der Waals surface area contributed by atoms with Gasteiger partial charge in [-0.3, -0.25) is 24.1 Å². The number of aromatic nitrogens is 2. The zero-order valence-corrected chi connectivity index (χ0v) is 28.4. The first kappa shape index (κ1) is 36.8. The zero-order valence-electron chi connectivity index (χ0n) is 27.6. The largest absolute Gasteiger partial charge is 0.491 e. The number of carboxylic acids is 1. The van der Waals surface area contributed by atoms with Gasteiger partial charge in [0, 0.05) is 30.6 Å². The Hall–Kier alpha value is -4.98. The van der Waals surface area contributed by atoms with Crippen LogP contribution in [0.4, 0.5) is 0 Å². The number of ether oxygens (including phenoxy) is 1. The van der Waals surface area contributed by atoms with Crippen LogP contribution in [0.5, 0.6) is 5.75 Å². The molecule has 2 bridgehead atoms. The van der Waals surface area contributed by atoms with Gasteiger partial charge in [0.2, 0.25) is 11.8 Å². The van der Waals surface area contributed by atoms with E-state index < -0.39 is 29.9 Å². The number of benzene rings is 3. The summed E-state index contributed by atoms with van der Waals surface area (Å²) in [6, 6.07) is 19.2. The summed E-state index contributed by atoms with van der Waals surface area (Å²) in [7, 11) is 0. The molecule has 0 saturated carbocycles. The van der Waals surface area contributed by atoms with E-state index in [0.717, 1.165) is 34.9 Å². The van der Waals surface area contributed by atoms with Crippen LogP contribution in [-0.4, -0.2) is 93.3 Å². The van der Waals surface area contributed by atoms with E-state index in [9.17, 15) is 19.5 Å². The molecule has 0 saturated heterocycles. The number of para-hydroxylation sites is 2. The SMILES string of the molecule is CC(=O)O.Cc1ccc2cc1OCCNC(=O)CN(Cc1nc3ccccc3n1Cc1ccccc1Cl)CCNC(=O)[C@H]([C@@H](C)O)NC2=O. The fourth-order valence-corrected chi connectivity index (χ4v) is 5.41. The Morgan fingerprint density at radius 3 is 2.49 bits per heavy atom. The normalized spacial score (nSPS) is 17.0. The summed E-state index contributed by atoms with van der Waals surface area (Å²) in [4.78, 5) is 55.0. The summed E-state index contributed by atoms with van der Waals surface area (Å²) in [6.45, 7) is 6.11. The van der Waals surface area contributed by atoms with Crippen LogP contribution in [0.25, 0.3) is 11.0 Å². The molecule has 2 atom stereocenters. The van der Waals surface area contributed by atoms with Gasteiger partial charge in [-0.2, -0.15) is 0 Å². The molecule has 0 unspecified atom stereocenters. The van der Waals surface area contributed by atoms with E-state index in [2.05, 4.69) is 20.5 Å². The molecule has 2 heterocycles. The monoisotopic (exact) mass is 692 g/mol. The van der Waals surface area contributed by atoms with Gasteiger partial charge in [-0.25, -0.2) is 4.98 Å². The number of halogens is 1. The predicted octanol–water partition coefficient (Wildman–Crippen LogP) is 2.74. The Kier molecular flexibility index (Phi) is 13.1. The molecule has 14 heteroatoms. The van der Waals surface area contributed by atoms with Gasteiger partial charge >= 0.3 is 0 Å². The van der Waals surface area contributed by atoms with Gasteiger partial charge in [0.05, 0.1) is 43.3 Å². The number of aliphatic hydroxyl groups is 1. The minimum Gasteiger partial charge on any atom is -0.491 e. The van der Waals surface area contributed by atoms with Crippen molar-refractivity contribution in [1.29, 1.82) is 0 Å². The third-order valence-corrected chi connectivity index (χ3v) is 8.03. The average molecular weight is 693 g/mol. The van der Waals surface area contributed by atoms with Gasteiger partial charge in [-0.15, -0.1) is 0 Å². The van der Waals surface area contributed by atoms with Gasteiger partial charge in [-0.1, -0.05) is 48.0 Å². The maximum atomic E-state index is 13.1. The van der Waals surface area contributed by atoms with Gasteiger partial charge < -0.3 is 35.5 Å². The average Bonchev–Trinajstić information content (AvgIpc) is 3.39. The Bertz CT molecular complexity index is 1790. The highest BCUT2D eigenvalue weighted by atomic mass is 35.5. The smallest absolute Gasteiger partial charge is 0.300 e. The maximum Gasteiger partial charge on any atom is 0.300 e. The summed E-state index contributed by atoms with van der Waals surface area (Å²) >= 11 is 6.51. The van der Waals surface area contributed by atoms with Gasteiger partial charge in [0.1, 0.15) is 24.2 Å². The molecule has 49 heavy (non-hydrogen) atoms. The molecule has 0 fully saturated rings. The summed E-state index contributed by atoms with van der Waals surface area (Å²) in [5, 5.41) is 26.8. The Labute approximate surface area is 289 Å². The number of carbonyl (C=O) groups excluding carboxylic acids is 3. The quantitative estimate of drug-likeness (QED) is 0.211. The fraction of sp³-hybridized carbons (Fsp3) is 0.343. The molecule has 0 radical (unpaired) electrons. The van der Waals surface area contributed by atoms with E-state index in [1.54, 1.807) is 18.2 Å². The predicted molar refractivity (Wildman–Crippen MR) is 185 cm³/mol. The van der Waals surface area contributed by atoms with Crippen LogP contribution in [0.3, 0.4) is 0 Å². The molecule has 0 aliphatic carbocycles. The van der Waals surface area contributed by atoms with Gasteiger partial charge in [0.15, 0.2) is 0 Å². The van der Waals surface area contributed by atoms with Crippen LogP contribution in [-0.2, 0) is 27.5 Å². The molecule has 1 aromatic heterocycles. The molecule has 5 N–H and O–H groups in total. The lowest BCUT2D eigenvalue weighted by atomic mass is 10.1. The molecule has 0 spiro atoms. The van der Waals surface area contributed by atoms with Crippen molar-refractivity contribution in [3.63, 3.8) is 0 Å². The number of amides is 3. The van der Waals surface area contributed by atoms with Crippen LogP contribution >= 0.6 is 11.6 Å². The Morgan fingerprint density at radius 2 is 1.76 bits per heavy atom. The topological polar surface area (TPSA) is 175 Å². The first-order valence-corrected chi connectivity index (χ1v) is 16.2. The van der Waals surface area contributed by atoms with E-state index in [1.807, 2.05) is 60.4 Å². The molecule has 1 aliphatic heterocycles. The third-order valence-electron chi connectivity index (χ3n) is 7.66. The Morgan fingerprint density at radius 1 is 1.04 bits per heavy atom. The minimum atomic E-state index is -1.18. The summed E-state index contributed by atoms with van der Waals surface area (Å²) in [5.41, 5.74) is 3.78. The van der Waals surface area contributed by atoms with Crippen LogP contribution in [0.1, 0.15) is 41.2 Å². The number of hydrogen-bond donors (Lipinski definition) is 5. The zero-order chi connectivity index (χ0) is 35.5. The van der Waals surface area contributed by atoms with E-state index in [1.165, 1.54) is 6.92 Å². The van der Waals surface area contributed by atoms with E-state index >= 15 is 0 Å². The van der Waals surface area contributed by atoms with Crippen molar-refractivity contribution in [2.75, 3.05) is 32.8 Å². The van der Waals surface area contributed by atoms with Crippen LogP contribution < -0.4 is 20.7 Å². The van der Waals surface area contributed by atoms with Crippen molar-refractivity contribution < 1.29 is 34.1 Å². The lowest BCUT2D eigenvalue weighted by molar-refractivity contribution is -0.134. The number of hydrogen-bond acceptors (Lipinski definition) is 8. The van der Waals surface area contributed by atoms with Crippen molar-refractivity contribution in [1.82, 2.24) is 30.4 Å². The second kappa shape index (κ2) is 17.4. The lowest BCUT2D eigenvalue weighted by Crippen LogP contribution is -2.53. The Balaban J connectivity index is 0.00000128. The molecule has 5 rings (SSSR count). The van der Waals surface area contributed by atoms with Crippen molar-refractivity contribution >= 4 is 46.3 Å². The lowest BCUT2D eigenvalue weighted by Gasteiger charge is -2.24. The highest BCUT2D eigenvalue weighted by Gasteiger charge is 2.27. The number of rotatable bonds is 5. The number of aryl methyl sites for hydroxylation is 1. The number of aliphatic hydroxyl groups excluding tert-OH is 1. The number of nitrogens with zero attached hydrogens (tertiary/aromatic N) is 3. The van der Waals surface area contributed by atoms with E-state index in [-0.39, 0.29) is 37.7 Å². The van der Waals surface area contributed by atoms with Crippen molar-refractivity contribution in [2.45, 2.75) is 46.0 Å². The van der Waals surface area contributed by atoms with Crippen molar-refractivity contribution in [2.24, 2.45) is 0 Å². The highest BCUT2D eigenvalue weighted by Crippen LogP contribution is 2.23. The van der Waals surface area contributed by atoms with E-state index in [0.29, 0.717) is 30.4 Å². The molecule has 1 aliphatic rings. The summed E-state index contributed by atoms with van der Waals surface area (Å²) in [5.74, 6) is -0.891. The summed E-state index contributed by atoms with van der Waals surface area (Å²) < 4.78 is 7.95. The first-order chi connectivity index (χ1) is 23.4. The number of carboxylic acid groups (broad SMARTS) is 1. The molecule has 3 amide bonds. The molecular weight excluding hydrogens is 652 g/mol. The third kappa shape index (κ3) is 10.5. The molecule has 4 aromatic rings. The number of imidazole rings is 1. The number of carbonyl (C=O) groups is 4. The standard InChI is InChI=1S/C33H37ClN6O5.C2H4O2/c1-21-11-12-23-17-28(21)45-16-14-35-30(42)20-39(15-13-36-33(44)31(22(2)41)38-32(23)43)19-29-37-26-9-5-6-10-27(26)40(29)18-24-7-3-4-8-25(24)34;1-2(3)4/h3-12,17,22,31,41H,13-16,18-20H2,1-2H3,(H,35,42)(H,36,44)(H,38,43);1H3,(H,3,4)/t22-,31+;/m1./s1. The highest BCUT2D eigenvalue weighted by molar-refractivity contribution is 6.31. The van der Waals surface area contributed by atoms with Gasteiger partial charge in [0.25, 0.3) is 11.9 Å². The van der Waals surface area contributed by atoms with E-state index in [4.69, 9.17) is 31.2 Å². The van der Waals surface area contributed by atoms with Crippen LogP contribution in [0, 0.1) is 6.92 Å². The van der Waals surface area contributed by atoms with Crippen LogP contribution in [0.15, 0.2) is 66.7 Å². The maximum absolute atomic E-state index is 13.1. The second-order valence-corrected chi connectivity index (χ2v) is 12.0. The second-order valence-electron chi connectivity index (χ2n) is 11.6. The molecule has 260 valence electrons. The minimum absolute atomic E-state index is 0.0379. The number of aliphatic carboxylic acids is 1. The summed E-state index contributed by atoms with van der Waals surface area (Å²) in [6.07, 6.45) is -1.15. The fourth-order valence-electron chi connectivity index (χ4n) is 5.22. The van der Waals surface area contributed by atoms with Crippen molar-refractivity contribution in [3.05, 3.63) is 94.3 Å². The van der Waals surface area contributed by atoms with Crippen LogP contribution in [0.2, 0.25) is 5.02 Å². The molecular formula is C35H41ClN6O7. The molecule has 3 aromatic carbocycles. The number of fused-ring (bicyclic) bond motifs is 3. The van der Waals surface area contributed by atoms with Crippen molar-refractivity contribution in [3.8, 4) is 5.75 Å². The number of nitrogens with one attached hydrogen (secondary N) is 3. The molecule has 13 nitrogen and oxygen atoms in total.